The molecule has 1 aliphatic rings. The van der Waals surface area contributed by atoms with Gasteiger partial charge in [-0.05, 0) is 43.0 Å². The molecule has 0 amide bonds. The van der Waals surface area contributed by atoms with E-state index in [1.54, 1.807) is 36.0 Å². The molecule has 1 heterocycles. The van der Waals surface area contributed by atoms with Crippen LogP contribution in [0.25, 0.3) is 0 Å². The quantitative estimate of drug-likeness (QED) is 0.666. The van der Waals surface area contributed by atoms with Gasteiger partial charge >= 0.3 is 0 Å². The first-order valence-electron chi connectivity index (χ1n) is 7.34. The summed E-state index contributed by atoms with van der Waals surface area (Å²) in [5.41, 5.74) is 1.76. The van der Waals surface area contributed by atoms with Crippen molar-refractivity contribution < 1.29 is 13.5 Å². The van der Waals surface area contributed by atoms with Gasteiger partial charge in [0.2, 0.25) is 10.0 Å². The number of aliphatic hydroxyl groups is 1. The molecule has 0 aromatic heterocycles. The molecule has 1 fully saturated rings. The minimum absolute atomic E-state index is 0.274. The molecule has 23 heavy (non-hydrogen) atoms. The van der Waals surface area contributed by atoms with Crippen molar-refractivity contribution in [3.05, 3.63) is 59.7 Å². The second-order valence-electron chi connectivity index (χ2n) is 5.67. The maximum absolute atomic E-state index is 12.6. The van der Waals surface area contributed by atoms with Crippen LogP contribution in [0.2, 0.25) is 0 Å². The Kier molecular flexibility index (Phi) is 4.51. The van der Waals surface area contributed by atoms with E-state index in [1.807, 2.05) is 37.4 Å². The molecule has 0 aliphatic carbocycles. The zero-order valence-corrected chi connectivity index (χ0v) is 14.6. The Labute approximate surface area is 141 Å². The van der Waals surface area contributed by atoms with Crippen molar-refractivity contribution in [2.75, 3.05) is 12.8 Å². The molecule has 2 aromatic carbocycles. The summed E-state index contributed by atoms with van der Waals surface area (Å²) in [7, 11) is -3.53. The topological polar surface area (TPSA) is 57.4 Å². The van der Waals surface area contributed by atoms with Crippen LogP contribution in [0.5, 0.6) is 0 Å². The summed E-state index contributed by atoms with van der Waals surface area (Å²) in [5.74, 6) is 0. The number of sulfonamides is 1. The van der Waals surface area contributed by atoms with Crippen LogP contribution >= 0.6 is 11.8 Å². The molecule has 3 rings (SSSR count). The van der Waals surface area contributed by atoms with Gasteiger partial charge in [0.25, 0.3) is 0 Å². The number of hydrogen-bond acceptors (Lipinski definition) is 4. The number of hydrogen-bond donors (Lipinski definition) is 1. The predicted octanol–water partition coefficient (Wildman–Crippen LogP) is 2.82. The Hall–Kier alpha value is -1.34. The third kappa shape index (κ3) is 3.30. The summed E-state index contributed by atoms with van der Waals surface area (Å²) in [6, 6.07) is 14.0. The lowest BCUT2D eigenvalue weighted by Gasteiger charge is -2.12. The fourth-order valence-corrected chi connectivity index (χ4v) is 4.52. The molecule has 0 saturated carbocycles. The standard InChI is InChI=1S/C17H19NO3S2/c1-12-3-9-15(10-4-12)23(20,21)18-11-16(18)17(19)13-5-7-14(22-2)8-6-13/h3-10,16-17,19H,11H2,1-2H3/t16?,17-,18?/m1/s1. The number of aryl methyl sites for hydroxylation is 1. The van der Waals surface area contributed by atoms with Gasteiger partial charge in [-0.15, -0.1) is 11.8 Å². The molecule has 6 heteroatoms. The van der Waals surface area contributed by atoms with Crippen molar-refractivity contribution in [3.8, 4) is 0 Å². The molecule has 2 unspecified atom stereocenters. The van der Waals surface area contributed by atoms with Crippen molar-refractivity contribution in [1.82, 2.24) is 4.31 Å². The van der Waals surface area contributed by atoms with Gasteiger partial charge in [0.15, 0.2) is 0 Å². The van der Waals surface area contributed by atoms with Crippen LogP contribution in [0.1, 0.15) is 17.2 Å². The second kappa shape index (κ2) is 6.28. The van der Waals surface area contributed by atoms with Gasteiger partial charge in [0.05, 0.1) is 17.0 Å². The molecule has 2 aromatic rings. The molecule has 4 nitrogen and oxygen atoms in total. The monoisotopic (exact) mass is 349 g/mol. The van der Waals surface area contributed by atoms with Gasteiger partial charge in [0.1, 0.15) is 0 Å². The highest BCUT2D eigenvalue weighted by atomic mass is 32.2. The summed E-state index contributed by atoms with van der Waals surface area (Å²) >= 11 is 1.63. The first-order chi connectivity index (χ1) is 10.9. The zero-order valence-electron chi connectivity index (χ0n) is 13.0. The first kappa shape index (κ1) is 16.5. The molecular formula is C17H19NO3S2. The van der Waals surface area contributed by atoms with E-state index >= 15 is 0 Å². The Morgan fingerprint density at radius 1 is 1.13 bits per heavy atom. The number of nitrogens with zero attached hydrogens (tertiary/aromatic N) is 1. The Morgan fingerprint density at radius 2 is 1.74 bits per heavy atom. The maximum atomic E-state index is 12.6. The predicted molar refractivity (Wildman–Crippen MR) is 92.0 cm³/mol. The van der Waals surface area contributed by atoms with Crippen LogP contribution in [0, 0.1) is 6.92 Å². The summed E-state index contributed by atoms with van der Waals surface area (Å²) in [5, 5.41) is 10.4. The number of rotatable bonds is 5. The highest BCUT2D eigenvalue weighted by molar-refractivity contribution is 7.98. The average molecular weight is 349 g/mol. The minimum Gasteiger partial charge on any atom is -0.387 e. The van der Waals surface area contributed by atoms with E-state index in [4.69, 9.17) is 0 Å². The second-order valence-corrected chi connectivity index (χ2v) is 8.44. The number of benzene rings is 2. The Morgan fingerprint density at radius 3 is 2.30 bits per heavy atom. The molecule has 122 valence electrons. The highest BCUT2D eigenvalue weighted by Crippen LogP contribution is 2.36. The summed E-state index contributed by atoms with van der Waals surface area (Å²) in [6.07, 6.45) is 1.19. The Balaban J connectivity index is 1.76. The van der Waals surface area contributed by atoms with Crippen molar-refractivity contribution in [3.63, 3.8) is 0 Å². The lowest BCUT2D eigenvalue weighted by Crippen LogP contribution is -2.18. The Bertz CT molecular complexity index is 786. The van der Waals surface area contributed by atoms with Gasteiger partial charge < -0.3 is 5.11 Å². The molecule has 0 spiro atoms. The van der Waals surface area contributed by atoms with E-state index in [-0.39, 0.29) is 10.9 Å². The largest absolute Gasteiger partial charge is 0.387 e. The zero-order chi connectivity index (χ0) is 16.6. The van der Waals surface area contributed by atoms with E-state index in [0.717, 1.165) is 16.0 Å². The van der Waals surface area contributed by atoms with Crippen molar-refractivity contribution >= 4 is 21.8 Å². The highest BCUT2D eigenvalue weighted by Gasteiger charge is 2.49. The first-order valence-corrected chi connectivity index (χ1v) is 10.0. The van der Waals surface area contributed by atoms with Crippen LogP contribution in [0.4, 0.5) is 0 Å². The molecule has 1 aliphatic heterocycles. The van der Waals surface area contributed by atoms with Gasteiger partial charge in [-0.3, -0.25) is 0 Å². The van der Waals surface area contributed by atoms with Crippen molar-refractivity contribution in [2.24, 2.45) is 0 Å². The summed E-state index contributed by atoms with van der Waals surface area (Å²) < 4.78 is 26.5. The van der Waals surface area contributed by atoms with Gasteiger partial charge in [-0.1, -0.05) is 29.8 Å². The number of aliphatic hydroxyl groups excluding tert-OH is 1. The molecule has 1 saturated heterocycles. The van der Waals surface area contributed by atoms with Crippen molar-refractivity contribution in [2.45, 2.75) is 28.9 Å². The van der Waals surface area contributed by atoms with Crippen molar-refractivity contribution in [1.29, 1.82) is 0 Å². The van der Waals surface area contributed by atoms with Gasteiger partial charge in [-0.2, -0.15) is 4.31 Å². The van der Waals surface area contributed by atoms with E-state index in [1.165, 1.54) is 4.31 Å². The van der Waals surface area contributed by atoms with Crippen LogP contribution in [0.3, 0.4) is 0 Å². The van der Waals surface area contributed by atoms with Gasteiger partial charge in [-0.25, -0.2) is 8.42 Å². The van der Waals surface area contributed by atoms with Crippen LogP contribution in [-0.2, 0) is 10.0 Å². The summed E-state index contributed by atoms with van der Waals surface area (Å²) in [6.45, 7) is 2.26. The third-order valence-electron chi connectivity index (χ3n) is 4.05. The molecular weight excluding hydrogens is 330 g/mol. The lowest BCUT2D eigenvalue weighted by molar-refractivity contribution is 0.168. The van der Waals surface area contributed by atoms with E-state index in [2.05, 4.69) is 0 Å². The molecule has 0 bridgehead atoms. The smallest absolute Gasteiger partial charge is 0.243 e. The maximum Gasteiger partial charge on any atom is 0.243 e. The third-order valence-corrected chi connectivity index (χ3v) is 6.70. The minimum atomic E-state index is -3.53. The van der Waals surface area contributed by atoms with Crippen LogP contribution in [-0.4, -0.2) is 36.7 Å². The number of thioether (sulfide) groups is 1. The van der Waals surface area contributed by atoms with Crippen LogP contribution < -0.4 is 0 Å². The van der Waals surface area contributed by atoms with Gasteiger partial charge in [0, 0.05) is 11.4 Å². The fraction of sp³-hybridized carbons (Fsp3) is 0.294. The molecule has 1 N–H and O–H groups in total. The van der Waals surface area contributed by atoms with E-state index < -0.39 is 16.1 Å². The molecule has 3 atom stereocenters. The fourth-order valence-electron chi connectivity index (χ4n) is 2.54. The SMILES string of the molecule is CSc1ccc([C@@H](O)C2CN2S(=O)(=O)c2ccc(C)cc2)cc1. The summed E-state index contributed by atoms with van der Waals surface area (Å²) in [4.78, 5) is 1.39. The van der Waals surface area contributed by atoms with Crippen LogP contribution in [0.15, 0.2) is 58.3 Å². The van der Waals surface area contributed by atoms with E-state index in [9.17, 15) is 13.5 Å². The van der Waals surface area contributed by atoms with E-state index in [0.29, 0.717) is 6.54 Å². The average Bonchev–Trinajstić information content (AvgIpc) is 3.36. The normalized spacial score (nSPS) is 21.9. The molecule has 0 radical (unpaired) electrons. The lowest BCUT2D eigenvalue weighted by atomic mass is 10.1.